The first-order chi connectivity index (χ1) is 11.8. The van der Waals surface area contributed by atoms with E-state index in [-0.39, 0.29) is 0 Å². The summed E-state index contributed by atoms with van der Waals surface area (Å²) in [6.45, 7) is 0. The molecule has 0 bridgehead atoms. The van der Waals surface area contributed by atoms with Gasteiger partial charge in [-0.1, -0.05) is 30.3 Å². The molecule has 2 heterocycles. The highest BCUT2D eigenvalue weighted by Gasteiger charge is 2.15. The number of anilines is 1. The van der Waals surface area contributed by atoms with Crippen molar-refractivity contribution in [3.63, 3.8) is 0 Å². The van der Waals surface area contributed by atoms with Gasteiger partial charge in [-0.25, -0.2) is 9.97 Å². The van der Waals surface area contributed by atoms with Gasteiger partial charge in [-0.05, 0) is 29.8 Å². The molecule has 5 nitrogen and oxygen atoms in total. The van der Waals surface area contributed by atoms with E-state index in [4.69, 9.17) is 10.5 Å². The van der Waals surface area contributed by atoms with E-state index >= 15 is 0 Å². The van der Waals surface area contributed by atoms with E-state index in [1.165, 1.54) is 6.33 Å². The Morgan fingerprint density at radius 2 is 1.71 bits per heavy atom. The monoisotopic (exact) mass is 316 g/mol. The van der Waals surface area contributed by atoms with Crippen molar-refractivity contribution in [2.24, 2.45) is 0 Å². The standard InChI is InChI=1S/C19H16N4O/c1-24-15-9-7-14(8-10-15)23-11-16(13-5-3-2-4-6-13)17-18(20)21-12-22-19(17)23/h2-12H,1H3,(H2,20,21,22). The molecule has 0 saturated heterocycles. The Morgan fingerprint density at radius 3 is 2.42 bits per heavy atom. The fraction of sp³-hybridized carbons (Fsp3) is 0.0526. The first kappa shape index (κ1) is 14.3. The van der Waals surface area contributed by atoms with Crippen LogP contribution >= 0.6 is 0 Å². The smallest absolute Gasteiger partial charge is 0.150 e. The molecule has 0 aliphatic rings. The summed E-state index contributed by atoms with van der Waals surface area (Å²) in [6, 6.07) is 17.9. The van der Waals surface area contributed by atoms with Crippen molar-refractivity contribution in [1.82, 2.24) is 14.5 Å². The zero-order chi connectivity index (χ0) is 16.5. The van der Waals surface area contributed by atoms with E-state index in [0.717, 1.165) is 33.6 Å². The highest BCUT2D eigenvalue weighted by Crippen LogP contribution is 2.34. The molecule has 0 aliphatic carbocycles. The summed E-state index contributed by atoms with van der Waals surface area (Å²) >= 11 is 0. The Balaban J connectivity index is 1.98. The summed E-state index contributed by atoms with van der Waals surface area (Å²) in [5.41, 5.74) is 10.0. The second-order valence-electron chi connectivity index (χ2n) is 5.43. The van der Waals surface area contributed by atoms with Crippen molar-refractivity contribution in [3.05, 3.63) is 67.1 Å². The largest absolute Gasteiger partial charge is 0.497 e. The molecule has 0 atom stereocenters. The van der Waals surface area contributed by atoms with E-state index in [1.807, 2.05) is 53.2 Å². The molecule has 0 aliphatic heterocycles. The number of nitrogen functional groups attached to an aromatic ring is 1. The van der Waals surface area contributed by atoms with Crippen LogP contribution in [-0.4, -0.2) is 21.6 Å². The summed E-state index contributed by atoms with van der Waals surface area (Å²) < 4.78 is 7.25. The Hall–Kier alpha value is -3.34. The van der Waals surface area contributed by atoms with Gasteiger partial charge >= 0.3 is 0 Å². The molecule has 4 rings (SSSR count). The third kappa shape index (κ3) is 2.27. The van der Waals surface area contributed by atoms with Gasteiger partial charge in [0.2, 0.25) is 0 Å². The lowest BCUT2D eigenvalue weighted by Gasteiger charge is -2.06. The topological polar surface area (TPSA) is 66.0 Å². The van der Waals surface area contributed by atoms with Crippen LogP contribution in [0.15, 0.2) is 67.1 Å². The van der Waals surface area contributed by atoms with Gasteiger partial charge in [0.15, 0.2) is 5.65 Å². The summed E-state index contributed by atoms with van der Waals surface area (Å²) in [6.07, 6.45) is 3.54. The van der Waals surface area contributed by atoms with Gasteiger partial charge in [-0.2, -0.15) is 0 Å². The first-order valence-electron chi connectivity index (χ1n) is 7.59. The Labute approximate surface area is 139 Å². The van der Waals surface area contributed by atoms with Crippen molar-refractivity contribution in [3.8, 4) is 22.6 Å². The second-order valence-corrected chi connectivity index (χ2v) is 5.43. The number of hydrogen-bond donors (Lipinski definition) is 1. The maximum Gasteiger partial charge on any atom is 0.150 e. The number of aromatic nitrogens is 3. The predicted molar refractivity (Wildman–Crippen MR) is 95.3 cm³/mol. The van der Waals surface area contributed by atoms with Crippen LogP contribution in [0.3, 0.4) is 0 Å². The minimum Gasteiger partial charge on any atom is -0.497 e. The zero-order valence-corrected chi connectivity index (χ0v) is 13.2. The summed E-state index contributed by atoms with van der Waals surface area (Å²) in [5.74, 6) is 1.29. The average Bonchev–Trinajstić information content (AvgIpc) is 3.04. The van der Waals surface area contributed by atoms with Crippen molar-refractivity contribution in [2.75, 3.05) is 12.8 Å². The molecule has 24 heavy (non-hydrogen) atoms. The van der Waals surface area contributed by atoms with Crippen molar-refractivity contribution >= 4 is 16.9 Å². The lowest BCUT2D eigenvalue weighted by molar-refractivity contribution is 0.415. The number of benzene rings is 2. The molecule has 2 aromatic heterocycles. The minimum atomic E-state index is 0.478. The predicted octanol–water partition coefficient (Wildman–Crippen LogP) is 3.68. The van der Waals surface area contributed by atoms with Crippen LogP contribution in [0.25, 0.3) is 27.8 Å². The highest BCUT2D eigenvalue weighted by atomic mass is 16.5. The number of ether oxygens (including phenoxy) is 1. The molecule has 0 radical (unpaired) electrons. The number of methoxy groups -OCH3 is 1. The summed E-state index contributed by atoms with van der Waals surface area (Å²) in [5, 5.41) is 0.861. The van der Waals surface area contributed by atoms with Crippen LogP contribution in [0.2, 0.25) is 0 Å². The van der Waals surface area contributed by atoms with Gasteiger partial charge in [0.25, 0.3) is 0 Å². The zero-order valence-electron chi connectivity index (χ0n) is 13.2. The van der Waals surface area contributed by atoms with Crippen LogP contribution in [0, 0.1) is 0 Å². The Bertz CT molecular complexity index is 991. The van der Waals surface area contributed by atoms with Crippen LogP contribution < -0.4 is 10.5 Å². The Kier molecular flexibility index (Phi) is 3.39. The third-order valence-corrected chi connectivity index (χ3v) is 4.05. The van der Waals surface area contributed by atoms with Gasteiger partial charge in [-0.3, -0.25) is 0 Å². The minimum absolute atomic E-state index is 0.478. The van der Waals surface area contributed by atoms with Gasteiger partial charge < -0.3 is 15.0 Å². The van der Waals surface area contributed by atoms with E-state index < -0.39 is 0 Å². The van der Waals surface area contributed by atoms with Gasteiger partial charge in [0, 0.05) is 17.4 Å². The van der Waals surface area contributed by atoms with E-state index in [2.05, 4.69) is 22.1 Å². The fourth-order valence-electron chi connectivity index (χ4n) is 2.86. The SMILES string of the molecule is COc1ccc(-n2cc(-c3ccccc3)c3c(N)ncnc32)cc1. The van der Waals surface area contributed by atoms with Gasteiger partial charge in [-0.15, -0.1) is 0 Å². The first-order valence-corrected chi connectivity index (χ1v) is 7.59. The second kappa shape index (κ2) is 5.70. The van der Waals surface area contributed by atoms with Crippen LogP contribution in [0.1, 0.15) is 0 Å². The molecule has 0 unspecified atom stereocenters. The van der Waals surface area contributed by atoms with Crippen molar-refractivity contribution < 1.29 is 4.74 Å². The van der Waals surface area contributed by atoms with Crippen molar-refractivity contribution in [1.29, 1.82) is 0 Å². The summed E-state index contributed by atoms with van der Waals surface area (Å²) in [7, 11) is 1.65. The molecule has 5 heteroatoms. The molecular formula is C19H16N4O. The lowest BCUT2D eigenvalue weighted by atomic mass is 10.1. The molecule has 0 amide bonds. The third-order valence-electron chi connectivity index (χ3n) is 4.05. The summed E-state index contributed by atoms with van der Waals surface area (Å²) in [4.78, 5) is 8.61. The highest BCUT2D eigenvalue weighted by molar-refractivity contribution is 6.01. The molecular weight excluding hydrogens is 300 g/mol. The maximum absolute atomic E-state index is 6.15. The molecule has 2 N–H and O–H groups in total. The van der Waals surface area contributed by atoms with E-state index in [9.17, 15) is 0 Å². The molecule has 118 valence electrons. The van der Waals surface area contributed by atoms with Crippen LogP contribution in [0.5, 0.6) is 5.75 Å². The van der Waals surface area contributed by atoms with E-state index in [0.29, 0.717) is 5.82 Å². The molecule has 4 aromatic rings. The van der Waals surface area contributed by atoms with Crippen LogP contribution in [0.4, 0.5) is 5.82 Å². The fourth-order valence-corrected chi connectivity index (χ4v) is 2.86. The molecule has 0 fully saturated rings. The van der Waals surface area contributed by atoms with E-state index in [1.54, 1.807) is 7.11 Å². The number of nitrogens with two attached hydrogens (primary N) is 1. The number of nitrogens with zero attached hydrogens (tertiary/aromatic N) is 3. The lowest BCUT2D eigenvalue weighted by Crippen LogP contribution is -1.97. The average molecular weight is 316 g/mol. The number of rotatable bonds is 3. The molecule has 0 spiro atoms. The number of fused-ring (bicyclic) bond motifs is 1. The maximum atomic E-state index is 6.15. The molecule has 0 saturated carbocycles. The van der Waals surface area contributed by atoms with Gasteiger partial charge in [0.05, 0.1) is 12.5 Å². The Morgan fingerprint density at radius 1 is 0.958 bits per heavy atom. The van der Waals surface area contributed by atoms with Crippen LogP contribution in [-0.2, 0) is 0 Å². The quantitative estimate of drug-likeness (QED) is 0.626. The van der Waals surface area contributed by atoms with Gasteiger partial charge in [0.1, 0.15) is 17.9 Å². The van der Waals surface area contributed by atoms with Crippen molar-refractivity contribution in [2.45, 2.75) is 0 Å². The normalized spacial score (nSPS) is 10.9. The molecule has 2 aromatic carbocycles. The number of hydrogen-bond acceptors (Lipinski definition) is 4.